The molecule has 0 radical (unpaired) electrons. The molecule has 2 aromatic carbocycles. The summed E-state index contributed by atoms with van der Waals surface area (Å²) in [5.74, 6) is -1.13. The average molecular weight is 407 g/mol. The number of hydrogen-bond donors (Lipinski definition) is 2. The summed E-state index contributed by atoms with van der Waals surface area (Å²) < 4.78 is 38.5. The van der Waals surface area contributed by atoms with Gasteiger partial charge in [-0.15, -0.1) is 0 Å². The Balaban J connectivity index is 1.78. The van der Waals surface area contributed by atoms with E-state index in [2.05, 4.69) is 0 Å². The zero-order valence-electron chi connectivity index (χ0n) is 14.9. The Labute approximate surface area is 163 Å². The molecule has 1 fully saturated rings. The largest absolute Gasteiger partial charge is 0.416 e. The third-order valence-electron chi connectivity index (χ3n) is 4.78. The molecule has 2 aromatic rings. The monoisotopic (exact) mass is 407 g/mol. The lowest BCUT2D eigenvalue weighted by atomic mass is 10.1. The van der Waals surface area contributed by atoms with Crippen molar-refractivity contribution in [2.45, 2.75) is 12.3 Å². The summed E-state index contributed by atoms with van der Waals surface area (Å²) in [6.07, 6.45) is -5.75. The van der Waals surface area contributed by atoms with Crippen molar-refractivity contribution in [3.05, 3.63) is 59.7 Å². The molecule has 4 rings (SSSR count). The number of nitrogens with zero attached hydrogens (tertiary/aromatic N) is 4. The third-order valence-corrected chi connectivity index (χ3v) is 4.78. The topological polar surface area (TPSA) is 93.3 Å². The molecule has 1 unspecified atom stereocenters. The highest BCUT2D eigenvalue weighted by molar-refractivity contribution is 6.10. The number of para-hydroxylation sites is 1. The van der Waals surface area contributed by atoms with Gasteiger partial charge >= 0.3 is 6.18 Å². The number of hydrazine groups is 2. The van der Waals surface area contributed by atoms with Crippen molar-refractivity contribution < 1.29 is 28.0 Å². The molecule has 2 amide bonds. The van der Waals surface area contributed by atoms with E-state index in [4.69, 9.17) is 5.73 Å². The molecule has 1 saturated heterocycles. The highest BCUT2D eigenvalue weighted by Gasteiger charge is 2.53. The standard InChI is InChI=1S/C18H16F3N5O3/c19-18(20,21)11-5-7-12(8-6-11)24-17(28)15-23(10-9-22)16(27)13-3-1-2-4-14(13)25(15)26(24)29/h1-8,15,29H,9-10,22H2. The Kier molecular flexibility index (Phi) is 4.45. The minimum atomic E-state index is -4.53. The second-order valence-electron chi connectivity index (χ2n) is 6.49. The van der Waals surface area contributed by atoms with Gasteiger partial charge in [0, 0.05) is 18.4 Å². The van der Waals surface area contributed by atoms with Crippen molar-refractivity contribution in [3.8, 4) is 0 Å². The molecule has 0 spiro atoms. The number of benzene rings is 2. The highest BCUT2D eigenvalue weighted by Crippen LogP contribution is 2.39. The zero-order chi connectivity index (χ0) is 20.9. The summed E-state index contributed by atoms with van der Waals surface area (Å²) in [6.45, 7) is 0.131. The van der Waals surface area contributed by atoms with Crippen LogP contribution in [-0.2, 0) is 11.0 Å². The summed E-state index contributed by atoms with van der Waals surface area (Å²) in [5.41, 5.74) is 5.27. The summed E-state index contributed by atoms with van der Waals surface area (Å²) in [5, 5.41) is 13.2. The van der Waals surface area contributed by atoms with E-state index in [1.807, 2.05) is 0 Å². The van der Waals surface area contributed by atoms with Gasteiger partial charge in [0.2, 0.25) is 6.17 Å². The van der Waals surface area contributed by atoms with Gasteiger partial charge in [-0.05, 0) is 36.4 Å². The summed E-state index contributed by atoms with van der Waals surface area (Å²) in [6, 6.07) is 10.2. The molecule has 0 bridgehead atoms. The van der Waals surface area contributed by atoms with Crippen molar-refractivity contribution in [1.82, 2.24) is 10.2 Å². The van der Waals surface area contributed by atoms with Crippen molar-refractivity contribution in [2.24, 2.45) is 5.73 Å². The second-order valence-corrected chi connectivity index (χ2v) is 6.49. The van der Waals surface area contributed by atoms with Gasteiger partial charge in [0.1, 0.15) is 0 Å². The first-order chi connectivity index (χ1) is 13.8. The van der Waals surface area contributed by atoms with Gasteiger partial charge in [-0.25, -0.2) is 5.01 Å². The lowest BCUT2D eigenvalue weighted by molar-refractivity contribution is -0.137. The van der Waals surface area contributed by atoms with Crippen LogP contribution in [0.3, 0.4) is 0 Å². The van der Waals surface area contributed by atoms with Crippen molar-refractivity contribution >= 4 is 23.2 Å². The minimum Gasteiger partial charge on any atom is -0.329 e. The molecule has 11 heteroatoms. The summed E-state index contributed by atoms with van der Waals surface area (Å²) in [7, 11) is 0. The van der Waals surface area contributed by atoms with Crippen LogP contribution in [0.15, 0.2) is 48.5 Å². The zero-order valence-corrected chi connectivity index (χ0v) is 14.9. The SMILES string of the molecule is NCCN1C(=O)c2ccccc2N2C1C(=O)N(c1ccc(C(F)(F)F)cc1)N2O. The lowest BCUT2D eigenvalue weighted by Gasteiger charge is -2.39. The number of rotatable bonds is 3. The predicted octanol–water partition coefficient (Wildman–Crippen LogP) is 1.82. The molecule has 2 aliphatic heterocycles. The van der Waals surface area contributed by atoms with Crippen LogP contribution in [0.1, 0.15) is 15.9 Å². The van der Waals surface area contributed by atoms with Gasteiger partial charge < -0.3 is 10.6 Å². The first-order valence-electron chi connectivity index (χ1n) is 8.65. The van der Waals surface area contributed by atoms with Gasteiger partial charge in [-0.3, -0.25) is 14.8 Å². The molecule has 0 aliphatic carbocycles. The van der Waals surface area contributed by atoms with Crippen molar-refractivity contribution in [2.75, 3.05) is 23.1 Å². The van der Waals surface area contributed by atoms with Crippen LogP contribution in [0.2, 0.25) is 0 Å². The number of carbonyl (C=O) groups excluding carboxylic acids is 2. The highest BCUT2D eigenvalue weighted by atomic mass is 19.4. The fourth-order valence-electron chi connectivity index (χ4n) is 3.49. The van der Waals surface area contributed by atoms with Crippen LogP contribution < -0.4 is 15.8 Å². The van der Waals surface area contributed by atoms with Gasteiger partial charge in [0.25, 0.3) is 11.8 Å². The number of anilines is 2. The number of carbonyl (C=O) groups is 2. The van der Waals surface area contributed by atoms with E-state index < -0.39 is 29.7 Å². The van der Waals surface area contributed by atoms with Crippen LogP contribution >= 0.6 is 0 Å². The quantitative estimate of drug-likeness (QED) is 0.806. The fraction of sp³-hybridized carbons (Fsp3) is 0.222. The van der Waals surface area contributed by atoms with Crippen LogP contribution in [0, 0.1) is 0 Å². The Hall–Kier alpha value is -3.15. The summed E-state index contributed by atoms with van der Waals surface area (Å²) >= 11 is 0. The number of nitrogens with two attached hydrogens (primary N) is 1. The Morgan fingerprint density at radius 2 is 1.69 bits per heavy atom. The van der Waals surface area contributed by atoms with Crippen molar-refractivity contribution in [1.29, 1.82) is 0 Å². The molecule has 2 aliphatic rings. The minimum absolute atomic E-state index is 0.0116. The van der Waals surface area contributed by atoms with E-state index in [1.165, 1.54) is 9.91 Å². The average Bonchev–Trinajstić information content (AvgIpc) is 2.95. The van der Waals surface area contributed by atoms with E-state index in [1.54, 1.807) is 24.3 Å². The first kappa shape index (κ1) is 19.2. The molecule has 2 heterocycles. The van der Waals surface area contributed by atoms with Crippen molar-refractivity contribution in [3.63, 3.8) is 0 Å². The van der Waals surface area contributed by atoms with E-state index in [9.17, 15) is 28.0 Å². The molecule has 152 valence electrons. The number of fused-ring (bicyclic) bond motifs is 3. The Morgan fingerprint density at radius 1 is 1.03 bits per heavy atom. The van der Waals surface area contributed by atoms with Gasteiger partial charge in [-0.1, -0.05) is 12.1 Å². The third kappa shape index (κ3) is 2.90. The second kappa shape index (κ2) is 6.72. The fourth-order valence-corrected chi connectivity index (χ4v) is 3.49. The molecular weight excluding hydrogens is 391 g/mol. The van der Waals surface area contributed by atoms with E-state index in [-0.39, 0.29) is 24.3 Å². The molecule has 0 saturated carbocycles. The molecule has 0 aromatic heterocycles. The number of amides is 2. The maximum absolute atomic E-state index is 13.1. The number of alkyl halides is 3. The van der Waals surface area contributed by atoms with Crippen LogP contribution in [-0.4, -0.2) is 46.5 Å². The smallest absolute Gasteiger partial charge is 0.329 e. The van der Waals surface area contributed by atoms with Crippen LogP contribution in [0.4, 0.5) is 24.5 Å². The maximum atomic E-state index is 13.1. The van der Waals surface area contributed by atoms with Gasteiger partial charge in [0.15, 0.2) is 0 Å². The Morgan fingerprint density at radius 3 is 2.31 bits per heavy atom. The molecular formula is C18H16F3N5O3. The first-order valence-corrected chi connectivity index (χ1v) is 8.65. The maximum Gasteiger partial charge on any atom is 0.416 e. The number of halogens is 3. The van der Waals surface area contributed by atoms with Crippen LogP contribution in [0.25, 0.3) is 0 Å². The normalized spacial score (nSPS) is 19.6. The molecule has 3 N–H and O–H groups in total. The Bertz CT molecular complexity index is 966. The molecule has 1 atom stereocenters. The predicted molar refractivity (Wildman–Crippen MR) is 95.4 cm³/mol. The van der Waals surface area contributed by atoms with E-state index in [0.717, 1.165) is 29.3 Å². The number of hydrogen-bond acceptors (Lipinski definition) is 6. The van der Waals surface area contributed by atoms with Gasteiger partial charge in [-0.2, -0.15) is 18.2 Å². The lowest BCUT2D eigenvalue weighted by Crippen LogP contribution is -2.58. The van der Waals surface area contributed by atoms with E-state index >= 15 is 0 Å². The van der Waals surface area contributed by atoms with Gasteiger partial charge in [0.05, 0.1) is 22.5 Å². The van der Waals surface area contributed by atoms with E-state index in [0.29, 0.717) is 11.0 Å². The molecule has 8 nitrogen and oxygen atoms in total. The van der Waals surface area contributed by atoms with Crippen LogP contribution in [0.5, 0.6) is 0 Å². The summed E-state index contributed by atoms with van der Waals surface area (Å²) in [4.78, 5) is 27.2. The molecule has 29 heavy (non-hydrogen) atoms.